The van der Waals surface area contributed by atoms with Crippen molar-refractivity contribution in [3.05, 3.63) is 29.8 Å². The lowest BCUT2D eigenvalue weighted by molar-refractivity contribution is -0.137. The van der Waals surface area contributed by atoms with Crippen LogP contribution in [0.4, 0.5) is 0 Å². The Bertz CT molecular complexity index is 459. The molecule has 0 heterocycles. The van der Waals surface area contributed by atoms with E-state index < -0.39 is 5.97 Å². The summed E-state index contributed by atoms with van der Waals surface area (Å²) in [5.41, 5.74) is 0.628. The number of amides is 1. The Balaban J connectivity index is 2.04. The zero-order valence-electron chi connectivity index (χ0n) is 12.2. The molecule has 0 aliphatic heterocycles. The van der Waals surface area contributed by atoms with E-state index in [-0.39, 0.29) is 24.5 Å². The first-order valence-corrected chi connectivity index (χ1v) is 7.35. The van der Waals surface area contributed by atoms with Gasteiger partial charge in [0, 0.05) is 18.5 Å². The molecule has 3 N–H and O–H groups in total. The van der Waals surface area contributed by atoms with Crippen molar-refractivity contribution in [2.45, 2.75) is 44.9 Å². The number of phenols is 1. The lowest BCUT2D eigenvalue weighted by Gasteiger charge is -2.06. The van der Waals surface area contributed by atoms with E-state index in [9.17, 15) is 14.7 Å². The number of para-hydroxylation sites is 1. The molecule has 0 fully saturated rings. The number of aromatic hydroxyl groups is 1. The minimum Gasteiger partial charge on any atom is -0.508 e. The van der Waals surface area contributed by atoms with Gasteiger partial charge in [-0.25, -0.2) is 0 Å². The van der Waals surface area contributed by atoms with Crippen molar-refractivity contribution < 1.29 is 19.8 Å². The molecule has 0 spiro atoms. The number of aliphatic carboxylic acids is 1. The molecule has 0 saturated carbocycles. The molecule has 0 atom stereocenters. The van der Waals surface area contributed by atoms with Crippen molar-refractivity contribution in [1.82, 2.24) is 5.32 Å². The summed E-state index contributed by atoms with van der Waals surface area (Å²) in [6.07, 6.45) is 4.91. The highest BCUT2D eigenvalue weighted by Gasteiger charge is 2.06. The minimum atomic E-state index is -0.744. The fraction of sp³-hybridized carbons (Fsp3) is 0.500. The Morgan fingerprint density at radius 2 is 1.67 bits per heavy atom. The van der Waals surface area contributed by atoms with Gasteiger partial charge >= 0.3 is 5.97 Å². The maximum atomic E-state index is 11.7. The van der Waals surface area contributed by atoms with Crippen molar-refractivity contribution >= 4 is 11.9 Å². The number of hydrogen-bond donors (Lipinski definition) is 3. The van der Waals surface area contributed by atoms with Gasteiger partial charge < -0.3 is 15.5 Å². The largest absolute Gasteiger partial charge is 0.508 e. The summed E-state index contributed by atoms with van der Waals surface area (Å²) in [4.78, 5) is 22.0. The molecular formula is C16H23NO4. The van der Waals surface area contributed by atoms with Gasteiger partial charge in [0.05, 0.1) is 6.42 Å². The van der Waals surface area contributed by atoms with Crippen LogP contribution in [0, 0.1) is 0 Å². The Hall–Kier alpha value is -2.04. The number of carboxylic acids is 1. The number of carboxylic acid groups (broad SMARTS) is 1. The SMILES string of the molecule is O=C(O)CCCCCCCNC(=O)Cc1ccccc1O. The van der Waals surface area contributed by atoms with Crippen LogP contribution < -0.4 is 5.32 Å². The van der Waals surface area contributed by atoms with E-state index in [1.54, 1.807) is 24.3 Å². The molecule has 5 heteroatoms. The Morgan fingerprint density at radius 1 is 1.00 bits per heavy atom. The number of benzene rings is 1. The van der Waals surface area contributed by atoms with Gasteiger partial charge in [-0.2, -0.15) is 0 Å². The number of nitrogens with one attached hydrogen (secondary N) is 1. The number of hydrogen-bond acceptors (Lipinski definition) is 3. The van der Waals surface area contributed by atoms with Crippen molar-refractivity contribution in [2.75, 3.05) is 6.54 Å². The second-order valence-electron chi connectivity index (χ2n) is 5.07. The van der Waals surface area contributed by atoms with Crippen LogP contribution in [0.5, 0.6) is 5.75 Å². The zero-order chi connectivity index (χ0) is 15.5. The van der Waals surface area contributed by atoms with Crippen LogP contribution in [0.2, 0.25) is 0 Å². The first-order chi connectivity index (χ1) is 10.1. The summed E-state index contributed by atoms with van der Waals surface area (Å²) in [6, 6.07) is 6.82. The Labute approximate surface area is 125 Å². The van der Waals surface area contributed by atoms with Crippen LogP contribution in [0.15, 0.2) is 24.3 Å². The molecular weight excluding hydrogens is 270 g/mol. The quantitative estimate of drug-likeness (QED) is 0.578. The molecule has 0 radical (unpaired) electrons. The average Bonchev–Trinajstić information content (AvgIpc) is 2.44. The Kier molecular flexibility index (Phi) is 7.94. The van der Waals surface area contributed by atoms with E-state index in [0.29, 0.717) is 12.1 Å². The molecule has 1 aromatic carbocycles. The summed E-state index contributed by atoms with van der Waals surface area (Å²) in [7, 11) is 0. The normalized spacial score (nSPS) is 10.3. The zero-order valence-corrected chi connectivity index (χ0v) is 12.2. The summed E-state index contributed by atoms with van der Waals surface area (Å²) in [5, 5.41) is 20.9. The average molecular weight is 293 g/mol. The highest BCUT2D eigenvalue weighted by Crippen LogP contribution is 2.15. The van der Waals surface area contributed by atoms with Crippen molar-refractivity contribution in [3.8, 4) is 5.75 Å². The number of unbranched alkanes of at least 4 members (excludes halogenated alkanes) is 4. The smallest absolute Gasteiger partial charge is 0.303 e. The first-order valence-electron chi connectivity index (χ1n) is 7.35. The predicted octanol–water partition coefficient (Wildman–Crippen LogP) is 2.48. The van der Waals surface area contributed by atoms with E-state index in [4.69, 9.17) is 5.11 Å². The highest BCUT2D eigenvalue weighted by molar-refractivity contribution is 5.79. The maximum absolute atomic E-state index is 11.7. The van der Waals surface area contributed by atoms with Crippen molar-refractivity contribution in [1.29, 1.82) is 0 Å². The monoisotopic (exact) mass is 293 g/mol. The van der Waals surface area contributed by atoms with E-state index in [0.717, 1.165) is 32.1 Å². The third-order valence-electron chi connectivity index (χ3n) is 3.23. The van der Waals surface area contributed by atoms with E-state index in [2.05, 4.69) is 5.32 Å². The van der Waals surface area contributed by atoms with E-state index >= 15 is 0 Å². The molecule has 0 unspecified atom stereocenters. The van der Waals surface area contributed by atoms with E-state index in [1.807, 2.05) is 0 Å². The summed E-state index contributed by atoms with van der Waals surface area (Å²) in [6.45, 7) is 0.616. The third-order valence-corrected chi connectivity index (χ3v) is 3.23. The molecule has 0 aliphatic carbocycles. The third kappa shape index (κ3) is 7.97. The number of phenolic OH excluding ortho intramolecular Hbond substituents is 1. The molecule has 1 amide bonds. The second-order valence-corrected chi connectivity index (χ2v) is 5.07. The summed E-state index contributed by atoms with van der Waals surface area (Å²) < 4.78 is 0. The lowest BCUT2D eigenvalue weighted by atomic mass is 10.1. The molecule has 21 heavy (non-hydrogen) atoms. The number of carbonyl (C=O) groups excluding carboxylic acids is 1. The van der Waals surface area contributed by atoms with Gasteiger partial charge in [0.1, 0.15) is 5.75 Å². The molecule has 116 valence electrons. The van der Waals surface area contributed by atoms with Crippen LogP contribution in [0.25, 0.3) is 0 Å². The van der Waals surface area contributed by atoms with E-state index in [1.165, 1.54) is 0 Å². The van der Waals surface area contributed by atoms with Crippen LogP contribution in [0.3, 0.4) is 0 Å². The highest BCUT2D eigenvalue weighted by atomic mass is 16.4. The molecule has 1 aromatic rings. The summed E-state index contributed by atoms with van der Waals surface area (Å²) >= 11 is 0. The standard InChI is InChI=1S/C16H23NO4/c18-14-9-6-5-8-13(14)12-15(19)17-11-7-3-1-2-4-10-16(20)21/h5-6,8-9,18H,1-4,7,10-12H2,(H,17,19)(H,20,21). The molecule has 1 rings (SSSR count). The van der Waals surface area contributed by atoms with Gasteiger partial charge in [-0.1, -0.05) is 37.5 Å². The van der Waals surface area contributed by atoms with Gasteiger partial charge in [-0.15, -0.1) is 0 Å². The van der Waals surface area contributed by atoms with Gasteiger partial charge in [0.2, 0.25) is 5.91 Å². The molecule has 0 saturated heterocycles. The molecule has 0 aliphatic rings. The van der Waals surface area contributed by atoms with Gasteiger partial charge in [-0.3, -0.25) is 9.59 Å². The number of carbonyl (C=O) groups is 2. The predicted molar refractivity (Wildman–Crippen MR) is 80.2 cm³/mol. The fourth-order valence-corrected chi connectivity index (χ4v) is 2.06. The number of rotatable bonds is 10. The van der Waals surface area contributed by atoms with Gasteiger partial charge in [-0.05, 0) is 18.9 Å². The van der Waals surface area contributed by atoms with Crippen LogP contribution in [-0.4, -0.2) is 28.6 Å². The lowest BCUT2D eigenvalue weighted by Crippen LogP contribution is -2.26. The maximum Gasteiger partial charge on any atom is 0.303 e. The van der Waals surface area contributed by atoms with Crippen LogP contribution in [0.1, 0.15) is 44.1 Å². The summed E-state index contributed by atoms with van der Waals surface area (Å²) in [5.74, 6) is -0.695. The molecule has 0 aromatic heterocycles. The van der Waals surface area contributed by atoms with Crippen molar-refractivity contribution in [2.24, 2.45) is 0 Å². The van der Waals surface area contributed by atoms with Gasteiger partial charge in [0.25, 0.3) is 0 Å². The fourth-order valence-electron chi connectivity index (χ4n) is 2.06. The second kappa shape index (κ2) is 9.80. The van der Waals surface area contributed by atoms with Crippen molar-refractivity contribution in [3.63, 3.8) is 0 Å². The van der Waals surface area contributed by atoms with Crippen LogP contribution >= 0.6 is 0 Å². The molecule has 0 bridgehead atoms. The van der Waals surface area contributed by atoms with Crippen LogP contribution in [-0.2, 0) is 16.0 Å². The Morgan fingerprint density at radius 3 is 2.38 bits per heavy atom. The topological polar surface area (TPSA) is 86.6 Å². The van der Waals surface area contributed by atoms with Gasteiger partial charge in [0.15, 0.2) is 0 Å². The molecule has 5 nitrogen and oxygen atoms in total. The first kappa shape index (κ1) is 17.0. The minimum absolute atomic E-state index is 0.0950.